The highest BCUT2D eigenvalue weighted by Crippen LogP contribution is 2.29. The molecule has 6 heteroatoms. The molecule has 0 amide bonds. The first-order chi connectivity index (χ1) is 9.15. The molecule has 1 unspecified atom stereocenters. The molecule has 100 valence electrons. The van der Waals surface area contributed by atoms with E-state index in [1.807, 2.05) is 6.92 Å². The van der Waals surface area contributed by atoms with E-state index < -0.39 is 17.7 Å². The number of nitrogens with one attached hydrogen (secondary N) is 1. The van der Waals surface area contributed by atoms with Gasteiger partial charge in [-0.25, -0.2) is 18.7 Å². The van der Waals surface area contributed by atoms with Gasteiger partial charge in [0, 0.05) is 18.0 Å². The van der Waals surface area contributed by atoms with Crippen LogP contribution >= 0.6 is 15.9 Å². The highest BCUT2D eigenvalue weighted by Gasteiger charge is 2.24. The summed E-state index contributed by atoms with van der Waals surface area (Å²) in [6.45, 7) is 2.39. The van der Waals surface area contributed by atoms with Crippen molar-refractivity contribution in [3.05, 3.63) is 58.1 Å². The molecule has 1 atom stereocenters. The predicted octanol–water partition coefficient (Wildman–Crippen LogP) is 3.22. The first-order valence-corrected chi connectivity index (χ1v) is 6.58. The third-order valence-corrected chi connectivity index (χ3v) is 3.23. The van der Waals surface area contributed by atoms with Gasteiger partial charge in [0.05, 0.1) is 10.5 Å². The van der Waals surface area contributed by atoms with Gasteiger partial charge < -0.3 is 5.32 Å². The second kappa shape index (κ2) is 6.16. The number of nitrogens with zero attached hydrogens (tertiary/aromatic N) is 2. The third kappa shape index (κ3) is 2.96. The Morgan fingerprint density at radius 3 is 2.58 bits per heavy atom. The highest BCUT2D eigenvalue weighted by atomic mass is 79.9. The van der Waals surface area contributed by atoms with Gasteiger partial charge in [0.1, 0.15) is 17.5 Å². The van der Waals surface area contributed by atoms with Gasteiger partial charge >= 0.3 is 0 Å². The van der Waals surface area contributed by atoms with Crippen LogP contribution in [0.2, 0.25) is 0 Å². The van der Waals surface area contributed by atoms with E-state index in [9.17, 15) is 8.78 Å². The van der Waals surface area contributed by atoms with Gasteiger partial charge in [-0.1, -0.05) is 6.92 Å². The van der Waals surface area contributed by atoms with E-state index in [4.69, 9.17) is 0 Å². The average Bonchev–Trinajstić information content (AvgIpc) is 2.43. The Balaban J connectivity index is 2.54. The summed E-state index contributed by atoms with van der Waals surface area (Å²) in [6.07, 6.45) is 3.08. The largest absolute Gasteiger partial charge is 0.304 e. The van der Waals surface area contributed by atoms with Crippen molar-refractivity contribution in [1.29, 1.82) is 0 Å². The summed E-state index contributed by atoms with van der Waals surface area (Å²) in [6, 6.07) is 3.49. The van der Waals surface area contributed by atoms with Crippen LogP contribution in [0.25, 0.3) is 0 Å². The van der Waals surface area contributed by atoms with Crippen LogP contribution in [0.4, 0.5) is 8.78 Å². The zero-order chi connectivity index (χ0) is 13.8. The van der Waals surface area contributed by atoms with Crippen LogP contribution in [0.1, 0.15) is 24.4 Å². The Labute approximate surface area is 118 Å². The molecule has 0 aliphatic heterocycles. The molecule has 0 radical (unpaired) electrons. The predicted molar refractivity (Wildman–Crippen MR) is 71.6 cm³/mol. The molecule has 0 aliphatic carbocycles. The van der Waals surface area contributed by atoms with Gasteiger partial charge in [-0.3, -0.25) is 0 Å². The lowest BCUT2D eigenvalue weighted by atomic mass is 10.0. The van der Waals surface area contributed by atoms with Crippen LogP contribution in [0, 0.1) is 11.6 Å². The fourth-order valence-electron chi connectivity index (χ4n) is 1.79. The van der Waals surface area contributed by atoms with Gasteiger partial charge in [-0.2, -0.15) is 0 Å². The first kappa shape index (κ1) is 14.0. The molecule has 3 nitrogen and oxygen atoms in total. The fourth-order valence-corrected chi connectivity index (χ4v) is 2.14. The van der Waals surface area contributed by atoms with E-state index in [0.29, 0.717) is 12.4 Å². The summed E-state index contributed by atoms with van der Waals surface area (Å²) in [7, 11) is 0. The molecule has 1 N–H and O–H groups in total. The van der Waals surface area contributed by atoms with Crippen molar-refractivity contribution in [3.63, 3.8) is 0 Å². The smallest absolute Gasteiger partial charge is 0.149 e. The quantitative estimate of drug-likeness (QED) is 0.876. The van der Waals surface area contributed by atoms with Crippen molar-refractivity contribution in [2.45, 2.75) is 13.0 Å². The van der Waals surface area contributed by atoms with Crippen molar-refractivity contribution in [1.82, 2.24) is 15.3 Å². The second-order valence-corrected chi connectivity index (χ2v) is 4.71. The lowest BCUT2D eigenvalue weighted by molar-refractivity contribution is 0.496. The van der Waals surface area contributed by atoms with Crippen LogP contribution < -0.4 is 5.32 Å². The van der Waals surface area contributed by atoms with Crippen LogP contribution in [-0.2, 0) is 0 Å². The van der Waals surface area contributed by atoms with Gasteiger partial charge in [0.2, 0.25) is 0 Å². The Morgan fingerprint density at radius 1 is 1.26 bits per heavy atom. The minimum absolute atomic E-state index is 0.0811. The maximum atomic E-state index is 14.1. The van der Waals surface area contributed by atoms with Crippen molar-refractivity contribution < 1.29 is 8.78 Å². The Kier molecular flexibility index (Phi) is 4.55. The molecule has 0 fully saturated rings. The van der Waals surface area contributed by atoms with Crippen molar-refractivity contribution in [3.8, 4) is 0 Å². The Morgan fingerprint density at radius 2 is 1.95 bits per heavy atom. The number of aromatic nitrogens is 2. The summed E-state index contributed by atoms with van der Waals surface area (Å²) in [4.78, 5) is 8.13. The standard InChI is InChI=1S/C13H12BrF2N3/c1-2-17-12(13-18-6-3-7-19-13)10-9(15)5-4-8(14)11(10)16/h3-7,12,17H,2H2,1H3. The summed E-state index contributed by atoms with van der Waals surface area (Å²) >= 11 is 3.06. The zero-order valence-electron chi connectivity index (χ0n) is 10.2. The summed E-state index contributed by atoms with van der Waals surface area (Å²) in [5.41, 5.74) is -0.0811. The fraction of sp³-hybridized carbons (Fsp3) is 0.231. The monoisotopic (exact) mass is 327 g/mol. The molecular formula is C13H12BrF2N3. The summed E-state index contributed by atoms with van der Waals surface area (Å²) in [5.74, 6) is -0.933. The SMILES string of the molecule is CCNC(c1ncccn1)c1c(F)ccc(Br)c1F. The van der Waals surface area contributed by atoms with Crippen LogP contribution in [0.5, 0.6) is 0 Å². The van der Waals surface area contributed by atoms with Gasteiger partial charge in [0.15, 0.2) is 0 Å². The van der Waals surface area contributed by atoms with E-state index >= 15 is 0 Å². The molecule has 1 heterocycles. The zero-order valence-corrected chi connectivity index (χ0v) is 11.8. The van der Waals surface area contributed by atoms with Crippen LogP contribution in [0.3, 0.4) is 0 Å². The molecule has 0 saturated heterocycles. The normalized spacial score (nSPS) is 12.4. The van der Waals surface area contributed by atoms with Crippen molar-refractivity contribution >= 4 is 15.9 Å². The van der Waals surface area contributed by atoms with E-state index in [0.717, 1.165) is 0 Å². The number of rotatable bonds is 4. The summed E-state index contributed by atoms with van der Waals surface area (Å²) in [5, 5.41) is 3.00. The third-order valence-electron chi connectivity index (χ3n) is 2.62. The van der Waals surface area contributed by atoms with Gasteiger partial charge in [0.25, 0.3) is 0 Å². The maximum absolute atomic E-state index is 14.1. The molecule has 1 aromatic heterocycles. The van der Waals surface area contributed by atoms with E-state index in [-0.39, 0.29) is 10.0 Å². The molecule has 0 aliphatic rings. The topological polar surface area (TPSA) is 37.8 Å². The van der Waals surface area contributed by atoms with E-state index in [1.54, 1.807) is 18.5 Å². The lowest BCUT2D eigenvalue weighted by Gasteiger charge is -2.18. The second-order valence-electron chi connectivity index (χ2n) is 3.85. The van der Waals surface area contributed by atoms with Gasteiger partial charge in [-0.15, -0.1) is 0 Å². The summed E-state index contributed by atoms with van der Waals surface area (Å²) < 4.78 is 28.3. The molecule has 2 aromatic rings. The number of halogens is 3. The van der Waals surface area contributed by atoms with E-state index in [2.05, 4.69) is 31.2 Å². The number of hydrogen-bond acceptors (Lipinski definition) is 3. The van der Waals surface area contributed by atoms with Crippen molar-refractivity contribution in [2.75, 3.05) is 6.54 Å². The minimum Gasteiger partial charge on any atom is -0.304 e. The molecule has 0 bridgehead atoms. The van der Waals surface area contributed by atoms with Crippen LogP contribution in [-0.4, -0.2) is 16.5 Å². The molecule has 19 heavy (non-hydrogen) atoms. The maximum Gasteiger partial charge on any atom is 0.149 e. The molecule has 0 saturated carbocycles. The minimum atomic E-state index is -0.719. The average molecular weight is 328 g/mol. The van der Waals surface area contributed by atoms with Crippen molar-refractivity contribution in [2.24, 2.45) is 0 Å². The molecule has 0 spiro atoms. The number of hydrogen-bond donors (Lipinski definition) is 1. The molecule has 2 rings (SSSR count). The lowest BCUT2D eigenvalue weighted by Crippen LogP contribution is -2.26. The van der Waals surface area contributed by atoms with Gasteiger partial charge in [-0.05, 0) is 40.7 Å². The number of benzene rings is 1. The Bertz CT molecular complexity index is 563. The van der Waals surface area contributed by atoms with E-state index in [1.165, 1.54) is 12.1 Å². The van der Waals surface area contributed by atoms with Crippen LogP contribution in [0.15, 0.2) is 35.1 Å². The molecular weight excluding hydrogens is 316 g/mol. The molecule has 1 aromatic carbocycles. The Hall–Kier alpha value is -1.40. The highest BCUT2D eigenvalue weighted by molar-refractivity contribution is 9.10. The first-order valence-electron chi connectivity index (χ1n) is 5.78.